The maximum atomic E-state index is 12.6. The van der Waals surface area contributed by atoms with Crippen LogP contribution in [0, 0.1) is 0 Å². The minimum atomic E-state index is -0.704. The lowest BCUT2D eigenvalue weighted by atomic mass is 10.0. The van der Waals surface area contributed by atoms with Gasteiger partial charge in [0.1, 0.15) is 6.10 Å². The molecule has 0 spiro atoms. The van der Waals surface area contributed by atoms with Crippen molar-refractivity contribution in [3.05, 3.63) is 30.1 Å². The first kappa shape index (κ1) is 33.8. The molecular weight excluding hydrogens is 458 g/mol. The Labute approximate surface area is 222 Å². The molecule has 1 saturated heterocycles. The SMILES string of the molecule is C.CCCCCCCCCCCCCCCC(=O)N[C@@H](CN1CCCC1)[C@@H](O)c1ccncc1.Cl. The van der Waals surface area contributed by atoms with Gasteiger partial charge in [-0.25, -0.2) is 0 Å². The first-order valence-electron chi connectivity index (χ1n) is 13.8. The van der Waals surface area contributed by atoms with Crippen LogP contribution in [0.1, 0.15) is 129 Å². The van der Waals surface area contributed by atoms with Crippen LogP contribution in [0.3, 0.4) is 0 Å². The Hall–Kier alpha value is -1.17. The van der Waals surface area contributed by atoms with Crippen LogP contribution in [-0.4, -0.2) is 46.6 Å². The second kappa shape index (κ2) is 22.1. The summed E-state index contributed by atoms with van der Waals surface area (Å²) in [6.45, 7) is 5.07. The Morgan fingerprint density at radius 1 is 0.914 bits per heavy atom. The Balaban J connectivity index is 0.00000578. The van der Waals surface area contributed by atoms with Gasteiger partial charge in [-0.05, 0) is 50.0 Å². The Morgan fingerprint density at radius 2 is 1.40 bits per heavy atom. The van der Waals surface area contributed by atoms with Crippen molar-refractivity contribution < 1.29 is 9.90 Å². The minimum absolute atomic E-state index is 0. The number of aliphatic hydroxyl groups is 1. The molecular formula is C29H54ClN3O2. The number of aliphatic hydroxyl groups excluding tert-OH is 1. The number of aromatic nitrogens is 1. The molecule has 5 nitrogen and oxygen atoms in total. The molecule has 1 aromatic heterocycles. The minimum Gasteiger partial charge on any atom is -0.386 e. The number of unbranched alkanes of at least 4 members (excludes halogenated alkanes) is 12. The molecule has 2 N–H and O–H groups in total. The molecule has 0 unspecified atom stereocenters. The fraction of sp³-hybridized carbons (Fsp3) is 0.793. The van der Waals surface area contributed by atoms with Crippen molar-refractivity contribution in [1.29, 1.82) is 0 Å². The van der Waals surface area contributed by atoms with E-state index in [1.807, 2.05) is 12.1 Å². The summed E-state index contributed by atoms with van der Waals surface area (Å²) in [5.74, 6) is 0.0652. The molecule has 0 radical (unpaired) electrons. The van der Waals surface area contributed by atoms with Crippen molar-refractivity contribution in [2.24, 2.45) is 0 Å². The molecule has 2 atom stereocenters. The fourth-order valence-corrected chi connectivity index (χ4v) is 4.84. The van der Waals surface area contributed by atoms with Gasteiger partial charge in [-0.1, -0.05) is 91.4 Å². The molecule has 0 bridgehead atoms. The standard InChI is InChI=1S/C28H49N3O2.CH4.ClH/c1-2-3-4-5-6-7-8-9-10-11-12-13-14-17-27(32)30-26(24-31-22-15-16-23-31)28(33)25-18-20-29-21-19-25;;/h18-21,26,28,33H,2-17,22-24H2,1H3,(H,30,32);1H4;1H/t26-,28-;;/m0../s1. The molecule has 0 aromatic carbocycles. The molecule has 1 aliphatic heterocycles. The molecule has 0 saturated carbocycles. The number of nitrogens with zero attached hydrogens (tertiary/aromatic N) is 2. The molecule has 1 amide bonds. The summed E-state index contributed by atoms with van der Waals surface area (Å²) in [5, 5.41) is 14.0. The third kappa shape index (κ3) is 15.5. The van der Waals surface area contributed by atoms with Gasteiger partial charge in [-0.3, -0.25) is 9.78 Å². The van der Waals surface area contributed by atoms with E-state index in [9.17, 15) is 9.90 Å². The topological polar surface area (TPSA) is 65.5 Å². The summed E-state index contributed by atoms with van der Waals surface area (Å²) in [7, 11) is 0. The number of hydrogen-bond acceptors (Lipinski definition) is 4. The van der Waals surface area contributed by atoms with Crippen molar-refractivity contribution in [2.75, 3.05) is 19.6 Å². The van der Waals surface area contributed by atoms with E-state index in [0.717, 1.165) is 31.5 Å². The van der Waals surface area contributed by atoms with E-state index in [1.54, 1.807) is 12.4 Å². The molecule has 1 fully saturated rings. The highest BCUT2D eigenvalue weighted by atomic mass is 35.5. The summed E-state index contributed by atoms with van der Waals surface area (Å²) in [6, 6.07) is 3.39. The van der Waals surface area contributed by atoms with Gasteiger partial charge in [-0.15, -0.1) is 12.4 Å². The summed E-state index contributed by atoms with van der Waals surface area (Å²) in [4.78, 5) is 19.0. The van der Waals surface area contributed by atoms with E-state index in [4.69, 9.17) is 0 Å². The zero-order valence-electron chi connectivity index (χ0n) is 21.6. The molecule has 6 heteroatoms. The lowest BCUT2D eigenvalue weighted by molar-refractivity contribution is -0.123. The predicted octanol–water partition coefficient (Wildman–Crippen LogP) is 7.23. The average molecular weight is 512 g/mol. The van der Waals surface area contributed by atoms with Crippen LogP contribution in [0.4, 0.5) is 0 Å². The first-order chi connectivity index (χ1) is 16.2. The molecule has 1 aromatic rings. The maximum Gasteiger partial charge on any atom is 0.220 e. The summed E-state index contributed by atoms with van der Waals surface area (Å²) in [6.07, 6.45) is 22.6. The van der Waals surface area contributed by atoms with Crippen molar-refractivity contribution in [2.45, 2.75) is 129 Å². The number of likely N-dealkylation sites (tertiary alicyclic amines) is 1. The largest absolute Gasteiger partial charge is 0.386 e. The molecule has 0 aliphatic carbocycles. The van der Waals surface area contributed by atoms with Crippen LogP contribution in [0.15, 0.2) is 24.5 Å². The van der Waals surface area contributed by atoms with Crippen LogP contribution in [0.2, 0.25) is 0 Å². The summed E-state index contributed by atoms with van der Waals surface area (Å²) in [5.41, 5.74) is 0.815. The number of carbonyl (C=O) groups excluding carboxylic acids is 1. The number of rotatable bonds is 19. The van der Waals surface area contributed by atoms with Crippen LogP contribution in [0.25, 0.3) is 0 Å². The maximum absolute atomic E-state index is 12.6. The average Bonchev–Trinajstić information content (AvgIpc) is 3.35. The van der Waals surface area contributed by atoms with E-state index in [-0.39, 0.29) is 31.8 Å². The lowest BCUT2D eigenvalue weighted by Gasteiger charge is -2.28. The zero-order chi connectivity index (χ0) is 23.6. The zero-order valence-corrected chi connectivity index (χ0v) is 22.4. The molecule has 2 heterocycles. The number of pyridine rings is 1. The number of nitrogens with one attached hydrogen (secondary N) is 1. The highest BCUT2D eigenvalue weighted by Gasteiger charge is 2.26. The Kier molecular flexibility index (Phi) is 21.3. The van der Waals surface area contributed by atoms with Crippen LogP contribution in [-0.2, 0) is 4.79 Å². The van der Waals surface area contributed by atoms with Crippen LogP contribution in [0.5, 0.6) is 0 Å². The van der Waals surface area contributed by atoms with Gasteiger partial charge in [0.25, 0.3) is 0 Å². The second-order valence-electron chi connectivity index (χ2n) is 9.90. The third-order valence-electron chi connectivity index (χ3n) is 6.94. The van der Waals surface area contributed by atoms with Crippen molar-refractivity contribution in [3.8, 4) is 0 Å². The molecule has 1 aliphatic rings. The number of hydrogen-bond donors (Lipinski definition) is 2. The predicted molar refractivity (Wildman–Crippen MR) is 151 cm³/mol. The molecule has 2 rings (SSSR count). The third-order valence-corrected chi connectivity index (χ3v) is 6.94. The highest BCUT2D eigenvalue weighted by molar-refractivity contribution is 5.85. The Morgan fingerprint density at radius 3 is 1.91 bits per heavy atom. The Bertz CT molecular complexity index is 611. The van der Waals surface area contributed by atoms with Gasteiger partial charge in [0, 0.05) is 25.4 Å². The van der Waals surface area contributed by atoms with Crippen LogP contribution < -0.4 is 5.32 Å². The number of carbonyl (C=O) groups is 1. The highest BCUT2D eigenvalue weighted by Crippen LogP contribution is 2.19. The van der Waals surface area contributed by atoms with Crippen LogP contribution >= 0.6 is 12.4 Å². The monoisotopic (exact) mass is 511 g/mol. The van der Waals surface area contributed by atoms with Gasteiger partial charge in [0.15, 0.2) is 0 Å². The van der Waals surface area contributed by atoms with Gasteiger partial charge in [0.2, 0.25) is 5.91 Å². The van der Waals surface area contributed by atoms with Gasteiger partial charge in [0.05, 0.1) is 6.04 Å². The molecule has 204 valence electrons. The summed E-state index contributed by atoms with van der Waals surface area (Å²) >= 11 is 0. The van der Waals surface area contributed by atoms with Crippen molar-refractivity contribution in [3.63, 3.8) is 0 Å². The quantitative estimate of drug-likeness (QED) is 0.192. The van der Waals surface area contributed by atoms with Crippen molar-refractivity contribution >= 4 is 18.3 Å². The lowest BCUT2D eigenvalue weighted by Crippen LogP contribution is -2.46. The van der Waals surface area contributed by atoms with Crippen molar-refractivity contribution in [1.82, 2.24) is 15.2 Å². The van der Waals surface area contributed by atoms with E-state index in [2.05, 4.69) is 22.1 Å². The normalized spacial score (nSPS) is 15.1. The second-order valence-corrected chi connectivity index (χ2v) is 9.90. The van der Waals surface area contributed by atoms with E-state index in [1.165, 1.54) is 83.5 Å². The number of amides is 1. The van der Waals surface area contributed by atoms with Gasteiger partial charge < -0.3 is 15.3 Å². The fourth-order valence-electron chi connectivity index (χ4n) is 4.84. The van der Waals surface area contributed by atoms with E-state index >= 15 is 0 Å². The smallest absolute Gasteiger partial charge is 0.220 e. The van der Waals surface area contributed by atoms with E-state index < -0.39 is 6.10 Å². The van der Waals surface area contributed by atoms with E-state index in [0.29, 0.717) is 13.0 Å². The first-order valence-corrected chi connectivity index (χ1v) is 13.8. The number of halogens is 1. The molecule has 35 heavy (non-hydrogen) atoms. The van der Waals surface area contributed by atoms with Gasteiger partial charge >= 0.3 is 0 Å². The summed E-state index contributed by atoms with van der Waals surface area (Å²) < 4.78 is 0. The van der Waals surface area contributed by atoms with Gasteiger partial charge in [-0.2, -0.15) is 0 Å².